The van der Waals surface area contributed by atoms with Crippen LogP contribution < -0.4 is 0 Å². The Labute approximate surface area is 72.7 Å². The predicted molar refractivity (Wildman–Crippen MR) is 43.8 cm³/mol. The van der Waals surface area contributed by atoms with Crippen molar-refractivity contribution in [2.24, 2.45) is 11.8 Å². The van der Waals surface area contributed by atoms with Crippen LogP contribution in [0.15, 0.2) is 0 Å². The van der Waals surface area contributed by atoms with Crippen molar-refractivity contribution >= 4 is 0 Å². The van der Waals surface area contributed by atoms with Gasteiger partial charge in [0.2, 0.25) is 0 Å². The van der Waals surface area contributed by atoms with Gasteiger partial charge >= 0.3 is 0 Å². The number of aliphatic hydroxyl groups is 1. The maximum absolute atomic E-state index is 9.45. The van der Waals surface area contributed by atoms with Gasteiger partial charge in [-0.2, -0.15) is 0 Å². The fourth-order valence-corrected chi connectivity index (χ4v) is 2.08. The molecule has 0 spiro atoms. The Bertz CT molecular complexity index is 169. The van der Waals surface area contributed by atoms with Crippen LogP contribution in [0.3, 0.4) is 0 Å². The highest BCUT2D eigenvalue weighted by Gasteiger charge is 2.47. The average Bonchev–Trinajstić information content (AvgIpc) is 2.53. The Morgan fingerprint density at radius 3 is 2.50 bits per heavy atom. The lowest BCUT2D eigenvalue weighted by molar-refractivity contribution is 0.0153. The summed E-state index contributed by atoms with van der Waals surface area (Å²) in [4.78, 5) is 0. The lowest BCUT2D eigenvalue weighted by Crippen LogP contribution is -2.30. The molecule has 0 amide bonds. The van der Waals surface area contributed by atoms with Crippen LogP contribution in [-0.2, 0) is 9.47 Å². The van der Waals surface area contributed by atoms with E-state index in [9.17, 15) is 5.11 Å². The van der Waals surface area contributed by atoms with Crippen LogP contribution in [0.5, 0.6) is 0 Å². The summed E-state index contributed by atoms with van der Waals surface area (Å²) in [6, 6.07) is 0. The van der Waals surface area contributed by atoms with E-state index < -0.39 is 6.10 Å². The molecular weight excluding hydrogens is 156 g/mol. The average molecular weight is 172 g/mol. The Balaban J connectivity index is 2.05. The number of rotatable bonds is 1. The van der Waals surface area contributed by atoms with Gasteiger partial charge in [0.25, 0.3) is 0 Å². The maximum atomic E-state index is 9.45. The summed E-state index contributed by atoms with van der Waals surface area (Å²) in [5.74, 6) is 1.04. The molecule has 2 fully saturated rings. The Morgan fingerprint density at radius 2 is 1.83 bits per heavy atom. The van der Waals surface area contributed by atoms with Gasteiger partial charge in [0.15, 0.2) is 0 Å². The molecule has 0 aromatic rings. The molecule has 70 valence electrons. The molecule has 3 heteroatoms. The molecule has 3 nitrogen and oxygen atoms in total. The second-order valence-corrected chi connectivity index (χ2v) is 4.07. The van der Waals surface area contributed by atoms with Crippen molar-refractivity contribution < 1.29 is 14.6 Å². The first-order valence-corrected chi connectivity index (χ1v) is 4.61. The normalized spacial score (nSPS) is 47.0. The summed E-state index contributed by atoms with van der Waals surface area (Å²) < 4.78 is 11.0. The fourth-order valence-electron chi connectivity index (χ4n) is 2.08. The minimum absolute atomic E-state index is 0.0580. The molecular formula is C9H16O3. The van der Waals surface area contributed by atoms with Gasteiger partial charge in [-0.25, -0.2) is 0 Å². The zero-order valence-electron chi connectivity index (χ0n) is 7.56. The molecule has 0 aromatic heterocycles. The maximum Gasteiger partial charge on any atom is 0.112 e. The molecule has 0 bridgehead atoms. The highest BCUT2D eigenvalue weighted by Crippen LogP contribution is 2.34. The van der Waals surface area contributed by atoms with E-state index in [4.69, 9.17) is 9.47 Å². The SMILES string of the molecule is CC(C)C1COC2C(O)COC12. The van der Waals surface area contributed by atoms with Crippen LogP contribution in [0.2, 0.25) is 0 Å². The van der Waals surface area contributed by atoms with Gasteiger partial charge < -0.3 is 14.6 Å². The minimum Gasteiger partial charge on any atom is -0.388 e. The van der Waals surface area contributed by atoms with E-state index in [0.29, 0.717) is 18.4 Å². The van der Waals surface area contributed by atoms with Gasteiger partial charge in [0, 0.05) is 5.92 Å². The third-order valence-corrected chi connectivity index (χ3v) is 2.92. The third-order valence-electron chi connectivity index (χ3n) is 2.92. The first-order chi connectivity index (χ1) is 5.70. The van der Waals surface area contributed by atoms with Crippen molar-refractivity contribution in [1.82, 2.24) is 0 Å². The van der Waals surface area contributed by atoms with Crippen molar-refractivity contribution in [3.63, 3.8) is 0 Å². The third kappa shape index (κ3) is 1.16. The molecule has 2 rings (SSSR count). The van der Waals surface area contributed by atoms with Gasteiger partial charge in [0.1, 0.15) is 12.2 Å². The molecule has 2 aliphatic heterocycles. The van der Waals surface area contributed by atoms with Gasteiger partial charge in [-0.3, -0.25) is 0 Å². The van der Waals surface area contributed by atoms with Crippen molar-refractivity contribution in [2.45, 2.75) is 32.2 Å². The molecule has 0 aromatic carbocycles. The topological polar surface area (TPSA) is 38.7 Å². The highest BCUT2D eigenvalue weighted by molar-refractivity contribution is 4.94. The van der Waals surface area contributed by atoms with Crippen molar-refractivity contribution in [2.75, 3.05) is 13.2 Å². The second kappa shape index (κ2) is 2.98. The summed E-state index contributed by atoms with van der Waals surface area (Å²) in [6.45, 7) is 5.53. The van der Waals surface area contributed by atoms with E-state index in [1.165, 1.54) is 0 Å². The summed E-state index contributed by atoms with van der Waals surface area (Å²) in [7, 11) is 0. The fraction of sp³-hybridized carbons (Fsp3) is 1.00. The molecule has 4 atom stereocenters. The lowest BCUT2D eigenvalue weighted by Gasteiger charge is -2.18. The predicted octanol–water partition coefficient (Wildman–Crippen LogP) is 0.417. The Morgan fingerprint density at radius 1 is 1.17 bits per heavy atom. The summed E-state index contributed by atoms with van der Waals surface area (Å²) >= 11 is 0. The smallest absolute Gasteiger partial charge is 0.112 e. The first-order valence-electron chi connectivity index (χ1n) is 4.61. The van der Waals surface area contributed by atoms with E-state index in [1.807, 2.05) is 0 Å². The van der Waals surface area contributed by atoms with E-state index in [0.717, 1.165) is 6.61 Å². The lowest BCUT2D eigenvalue weighted by atomic mass is 9.90. The van der Waals surface area contributed by atoms with Crippen LogP contribution in [0.1, 0.15) is 13.8 Å². The molecule has 0 radical (unpaired) electrons. The summed E-state index contributed by atoms with van der Waals surface area (Å²) in [6.07, 6.45) is -0.323. The second-order valence-electron chi connectivity index (χ2n) is 4.07. The zero-order chi connectivity index (χ0) is 8.72. The monoisotopic (exact) mass is 172 g/mol. The highest BCUT2D eigenvalue weighted by atomic mass is 16.6. The van der Waals surface area contributed by atoms with E-state index >= 15 is 0 Å². The number of hydrogen-bond acceptors (Lipinski definition) is 3. The standard InChI is InChI=1S/C9H16O3/c1-5(2)6-3-11-9-7(10)4-12-8(6)9/h5-10H,3-4H2,1-2H3. The largest absolute Gasteiger partial charge is 0.388 e. The molecule has 0 saturated carbocycles. The van der Waals surface area contributed by atoms with Crippen LogP contribution in [0.4, 0.5) is 0 Å². The van der Waals surface area contributed by atoms with E-state index in [1.54, 1.807) is 0 Å². The summed E-state index contributed by atoms with van der Waals surface area (Å²) in [5, 5.41) is 9.45. The van der Waals surface area contributed by atoms with Crippen LogP contribution in [0, 0.1) is 11.8 Å². The quantitative estimate of drug-likeness (QED) is 0.623. The number of ether oxygens (including phenoxy) is 2. The number of hydrogen-bond donors (Lipinski definition) is 1. The van der Waals surface area contributed by atoms with Crippen molar-refractivity contribution in [1.29, 1.82) is 0 Å². The van der Waals surface area contributed by atoms with E-state index in [-0.39, 0.29) is 12.2 Å². The molecule has 0 aliphatic carbocycles. The van der Waals surface area contributed by atoms with Gasteiger partial charge in [-0.1, -0.05) is 13.8 Å². The van der Waals surface area contributed by atoms with Crippen LogP contribution in [0.25, 0.3) is 0 Å². The van der Waals surface area contributed by atoms with Crippen LogP contribution in [-0.4, -0.2) is 36.6 Å². The minimum atomic E-state index is -0.404. The Kier molecular flexibility index (Phi) is 2.10. The molecule has 4 unspecified atom stereocenters. The van der Waals surface area contributed by atoms with Gasteiger partial charge in [-0.15, -0.1) is 0 Å². The van der Waals surface area contributed by atoms with Gasteiger partial charge in [0.05, 0.1) is 19.3 Å². The van der Waals surface area contributed by atoms with Crippen molar-refractivity contribution in [3.05, 3.63) is 0 Å². The molecule has 12 heavy (non-hydrogen) atoms. The molecule has 2 heterocycles. The molecule has 2 saturated heterocycles. The van der Waals surface area contributed by atoms with Gasteiger partial charge in [-0.05, 0) is 5.92 Å². The van der Waals surface area contributed by atoms with E-state index in [2.05, 4.69) is 13.8 Å². The first kappa shape index (κ1) is 8.48. The van der Waals surface area contributed by atoms with Crippen LogP contribution >= 0.6 is 0 Å². The number of aliphatic hydroxyl groups excluding tert-OH is 1. The summed E-state index contributed by atoms with van der Waals surface area (Å²) in [5.41, 5.74) is 0. The number of fused-ring (bicyclic) bond motifs is 1. The molecule has 1 N–H and O–H groups in total. The molecule has 2 aliphatic rings. The zero-order valence-corrected chi connectivity index (χ0v) is 7.56. The van der Waals surface area contributed by atoms with Crippen molar-refractivity contribution in [3.8, 4) is 0 Å². The Hall–Kier alpha value is -0.120.